The standard InChI is InChI=1S/C56H48BN3/c1-55(2)33-34-56(3,4)47-36-44(30-31-46(47)55)60-51-32-29-40(39-19-9-5-10-20-39)35-49(51)57-48-27-17-18-28-50(48)59(43-25-15-8-16-26-43)52-37-45(38-53(60)54(52)57)58(41-21-11-6-12-22-41)42-23-13-7-14-24-42/h5-32,35-38H,33-34H2,1-4H3. The molecule has 4 heteroatoms. The summed E-state index contributed by atoms with van der Waals surface area (Å²) in [7, 11) is 0. The highest BCUT2D eigenvalue weighted by atomic mass is 15.2. The van der Waals surface area contributed by atoms with Crippen LogP contribution in [0.3, 0.4) is 0 Å². The average molecular weight is 774 g/mol. The molecule has 0 amide bonds. The molecule has 290 valence electrons. The van der Waals surface area contributed by atoms with Crippen LogP contribution in [0.4, 0.5) is 51.2 Å². The van der Waals surface area contributed by atoms with Crippen LogP contribution in [-0.4, -0.2) is 6.71 Å². The van der Waals surface area contributed by atoms with Gasteiger partial charge >= 0.3 is 0 Å². The molecule has 3 nitrogen and oxygen atoms in total. The number of hydrogen-bond donors (Lipinski definition) is 0. The van der Waals surface area contributed by atoms with E-state index in [-0.39, 0.29) is 17.5 Å². The largest absolute Gasteiger partial charge is 0.311 e. The molecule has 3 aliphatic rings. The molecule has 0 fully saturated rings. The van der Waals surface area contributed by atoms with Gasteiger partial charge in [-0.05, 0) is 135 Å². The van der Waals surface area contributed by atoms with E-state index in [4.69, 9.17) is 0 Å². The Bertz CT molecular complexity index is 2850. The van der Waals surface area contributed by atoms with Gasteiger partial charge in [-0.3, -0.25) is 0 Å². The van der Waals surface area contributed by atoms with Crippen molar-refractivity contribution in [2.24, 2.45) is 0 Å². The van der Waals surface area contributed by atoms with Crippen LogP contribution in [0.15, 0.2) is 194 Å². The summed E-state index contributed by atoms with van der Waals surface area (Å²) in [6.45, 7) is 9.72. The van der Waals surface area contributed by atoms with Crippen molar-refractivity contribution >= 4 is 74.3 Å². The quantitative estimate of drug-likeness (QED) is 0.156. The van der Waals surface area contributed by atoms with Crippen molar-refractivity contribution < 1.29 is 0 Å². The lowest BCUT2D eigenvalue weighted by Gasteiger charge is -2.46. The Hall–Kier alpha value is -6.78. The van der Waals surface area contributed by atoms with Gasteiger partial charge in [0.05, 0.1) is 5.69 Å². The summed E-state index contributed by atoms with van der Waals surface area (Å²) >= 11 is 0. The average Bonchev–Trinajstić information content (AvgIpc) is 3.29. The molecule has 0 radical (unpaired) electrons. The van der Waals surface area contributed by atoms with Gasteiger partial charge in [0, 0.05) is 45.5 Å². The second-order valence-corrected chi connectivity index (χ2v) is 18.0. The molecule has 8 aromatic rings. The third kappa shape index (κ3) is 5.80. The van der Waals surface area contributed by atoms with Gasteiger partial charge in [0.1, 0.15) is 0 Å². The lowest BCUT2D eigenvalue weighted by atomic mass is 9.33. The first kappa shape index (κ1) is 36.3. The van der Waals surface area contributed by atoms with E-state index >= 15 is 0 Å². The van der Waals surface area contributed by atoms with Crippen LogP contribution in [0.25, 0.3) is 11.1 Å². The highest BCUT2D eigenvalue weighted by molar-refractivity contribution is 7.00. The van der Waals surface area contributed by atoms with Gasteiger partial charge in [-0.25, -0.2) is 0 Å². The molecule has 1 aliphatic carbocycles. The first-order valence-corrected chi connectivity index (χ1v) is 21.4. The van der Waals surface area contributed by atoms with Crippen LogP contribution in [0.2, 0.25) is 0 Å². The Balaban J connectivity index is 1.26. The highest BCUT2D eigenvalue weighted by Crippen LogP contribution is 2.51. The molecule has 0 saturated heterocycles. The zero-order valence-electron chi connectivity index (χ0n) is 34.8. The van der Waals surface area contributed by atoms with E-state index in [0.717, 1.165) is 29.2 Å². The predicted octanol–water partition coefficient (Wildman–Crippen LogP) is 13.3. The lowest BCUT2D eigenvalue weighted by molar-refractivity contribution is 0.332. The number of hydrogen-bond acceptors (Lipinski definition) is 3. The molecule has 0 atom stereocenters. The molecule has 0 N–H and O–H groups in total. The first-order chi connectivity index (χ1) is 29.3. The van der Waals surface area contributed by atoms with Crippen LogP contribution < -0.4 is 31.1 Å². The maximum absolute atomic E-state index is 2.59. The van der Waals surface area contributed by atoms with E-state index in [1.807, 2.05) is 0 Å². The second-order valence-electron chi connectivity index (χ2n) is 18.0. The number of fused-ring (bicyclic) bond motifs is 5. The number of rotatable bonds is 6. The summed E-state index contributed by atoms with van der Waals surface area (Å²) in [5.74, 6) is 0. The van der Waals surface area contributed by atoms with Crippen molar-refractivity contribution in [1.29, 1.82) is 0 Å². The molecule has 0 bridgehead atoms. The van der Waals surface area contributed by atoms with Gasteiger partial charge in [0.2, 0.25) is 0 Å². The zero-order chi connectivity index (χ0) is 40.6. The minimum atomic E-state index is 0.00465. The summed E-state index contributed by atoms with van der Waals surface area (Å²) in [5.41, 5.74) is 20.0. The van der Waals surface area contributed by atoms with Gasteiger partial charge in [-0.15, -0.1) is 0 Å². The molecule has 0 spiro atoms. The zero-order valence-corrected chi connectivity index (χ0v) is 34.8. The normalized spacial score (nSPS) is 15.4. The maximum atomic E-state index is 2.59. The number of nitrogens with zero attached hydrogens (tertiary/aromatic N) is 3. The number of anilines is 9. The van der Waals surface area contributed by atoms with E-state index < -0.39 is 0 Å². The van der Waals surface area contributed by atoms with Gasteiger partial charge < -0.3 is 14.7 Å². The third-order valence-corrected chi connectivity index (χ3v) is 13.5. The van der Waals surface area contributed by atoms with E-state index in [1.165, 1.54) is 73.5 Å². The molecule has 2 aliphatic heterocycles. The fourth-order valence-corrected chi connectivity index (χ4v) is 10.3. The van der Waals surface area contributed by atoms with Crippen LogP contribution in [-0.2, 0) is 10.8 Å². The Morgan fingerprint density at radius 2 is 0.933 bits per heavy atom. The van der Waals surface area contributed by atoms with Crippen molar-refractivity contribution in [2.75, 3.05) is 14.7 Å². The maximum Gasteiger partial charge on any atom is 0.252 e. The predicted molar refractivity (Wildman–Crippen MR) is 256 cm³/mol. The minimum absolute atomic E-state index is 0.00465. The first-order valence-electron chi connectivity index (χ1n) is 21.4. The van der Waals surface area contributed by atoms with Crippen LogP contribution in [0, 0.1) is 0 Å². The topological polar surface area (TPSA) is 9.72 Å². The second kappa shape index (κ2) is 13.9. The minimum Gasteiger partial charge on any atom is -0.311 e. The molecule has 0 unspecified atom stereocenters. The smallest absolute Gasteiger partial charge is 0.252 e. The van der Waals surface area contributed by atoms with E-state index in [2.05, 4.69) is 237 Å². The van der Waals surface area contributed by atoms with Gasteiger partial charge in [-0.2, -0.15) is 0 Å². The highest BCUT2D eigenvalue weighted by Gasteiger charge is 2.45. The van der Waals surface area contributed by atoms with Gasteiger partial charge in [0.25, 0.3) is 6.71 Å². The summed E-state index contributed by atoms with van der Waals surface area (Å²) < 4.78 is 0. The van der Waals surface area contributed by atoms with Gasteiger partial charge in [-0.1, -0.05) is 149 Å². The molecule has 8 aromatic carbocycles. The molecule has 60 heavy (non-hydrogen) atoms. The summed E-state index contributed by atoms with van der Waals surface area (Å²) in [6, 6.07) is 71.9. The molecular weight excluding hydrogens is 725 g/mol. The molecule has 0 aromatic heterocycles. The number of benzene rings is 8. The lowest BCUT2D eigenvalue weighted by Crippen LogP contribution is -2.61. The van der Waals surface area contributed by atoms with Crippen molar-refractivity contribution in [2.45, 2.75) is 51.4 Å². The fourth-order valence-electron chi connectivity index (χ4n) is 10.3. The summed E-state index contributed by atoms with van der Waals surface area (Å²) in [6.07, 6.45) is 2.34. The van der Waals surface area contributed by atoms with Crippen LogP contribution >= 0.6 is 0 Å². The van der Waals surface area contributed by atoms with Crippen LogP contribution in [0.5, 0.6) is 0 Å². The fraction of sp³-hybridized carbons (Fsp3) is 0.143. The molecular formula is C56H48BN3. The monoisotopic (exact) mass is 773 g/mol. The summed E-state index contributed by atoms with van der Waals surface area (Å²) in [5, 5.41) is 0. The molecule has 0 saturated carbocycles. The Morgan fingerprint density at radius 1 is 0.400 bits per heavy atom. The van der Waals surface area contributed by atoms with E-state index in [9.17, 15) is 0 Å². The summed E-state index contributed by atoms with van der Waals surface area (Å²) in [4.78, 5) is 7.51. The van der Waals surface area contributed by atoms with Gasteiger partial charge in [0.15, 0.2) is 0 Å². The van der Waals surface area contributed by atoms with E-state index in [1.54, 1.807) is 0 Å². The van der Waals surface area contributed by atoms with Crippen LogP contribution in [0.1, 0.15) is 51.7 Å². The van der Waals surface area contributed by atoms with Crippen molar-refractivity contribution in [3.05, 3.63) is 205 Å². The van der Waals surface area contributed by atoms with E-state index in [0.29, 0.717) is 0 Å². The Labute approximate surface area is 355 Å². The molecule has 11 rings (SSSR count). The number of para-hydroxylation sites is 4. The third-order valence-electron chi connectivity index (χ3n) is 13.5. The Morgan fingerprint density at radius 3 is 1.58 bits per heavy atom. The van der Waals surface area contributed by atoms with Crippen molar-refractivity contribution in [3.63, 3.8) is 0 Å². The van der Waals surface area contributed by atoms with Crippen molar-refractivity contribution in [3.8, 4) is 11.1 Å². The Kier molecular flexibility index (Phi) is 8.42. The van der Waals surface area contributed by atoms with Crippen molar-refractivity contribution in [1.82, 2.24) is 0 Å². The molecule has 2 heterocycles. The SMILES string of the molecule is CC1(C)CCC(C)(C)c2cc(N3c4ccc(-c5ccccc5)cc4B4c5ccccc5N(c5ccccc5)c5cc(N(c6ccccc6)c6ccccc6)cc3c54)ccc21.